The molecule has 0 fully saturated rings. The van der Waals surface area contributed by atoms with Crippen molar-refractivity contribution in [3.8, 4) is 5.75 Å². The van der Waals surface area contributed by atoms with Crippen molar-refractivity contribution in [2.45, 2.75) is 19.4 Å². The van der Waals surface area contributed by atoms with Crippen LogP contribution in [0.5, 0.6) is 5.75 Å². The van der Waals surface area contributed by atoms with Crippen LogP contribution in [0.2, 0.25) is 0 Å². The van der Waals surface area contributed by atoms with Gasteiger partial charge in [-0.15, -0.1) is 0 Å². The number of aliphatic hydroxyl groups is 1. The molecule has 2 rings (SSSR count). The van der Waals surface area contributed by atoms with Crippen molar-refractivity contribution in [1.82, 2.24) is 5.32 Å². The molecule has 0 saturated carbocycles. The number of aryl methyl sites for hydroxylation is 1. The van der Waals surface area contributed by atoms with Crippen molar-refractivity contribution in [2.24, 2.45) is 0 Å². The van der Waals surface area contributed by atoms with Crippen LogP contribution in [0.4, 0.5) is 0 Å². The van der Waals surface area contributed by atoms with Crippen molar-refractivity contribution in [1.29, 1.82) is 0 Å². The van der Waals surface area contributed by atoms with E-state index in [1.807, 2.05) is 30.3 Å². The van der Waals surface area contributed by atoms with E-state index in [1.54, 1.807) is 0 Å². The Bertz CT molecular complexity index is 528. The molecule has 3 heteroatoms. The number of para-hydroxylation sites is 1. The molecular weight excluding hydrogens is 262 g/mol. The largest absolute Gasteiger partial charge is 0.491 e. The number of benzene rings is 2. The molecule has 2 N–H and O–H groups in total. The molecule has 3 nitrogen and oxygen atoms in total. The molecular formula is C18H23NO2. The Morgan fingerprint density at radius 3 is 2.67 bits per heavy atom. The molecule has 0 aliphatic carbocycles. The summed E-state index contributed by atoms with van der Waals surface area (Å²) in [5, 5.41) is 13.1. The molecule has 0 amide bonds. The number of rotatable bonds is 8. The number of ether oxygens (including phenoxy) is 1. The molecule has 1 unspecified atom stereocenters. The van der Waals surface area contributed by atoms with Crippen molar-refractivity contribution >= 4 is 0 Å². The summed E-state index contributed by atoms with van der Waals surface area (Å²) < 4.78 is 5.51. The summed E-state index contributed by atoms with van der Waals surface area (Å²) in [7, 11) is 0. The summed E-state index contributed by atoms with van der Waals surface area (Å²) in [4.78, 5) is 0. The normalized spacial score (nSPS) is 12.1. The second-order valence-electron chi connectivity index (χ2n) is 5.22. The predicted octanol–water partition coefficient (Wildman–Crippen LogP) is 2.57. The average Bonchev–Trinajstić information content (AvgIpc) is 2.51. The van der Waals surface area contributed by atoms with Gasteiger partial charge < -0.3 is 15.2 Å². The Morgan fingerprint density at radius 2 is 1.90 bits per heavy atom. The smallest absolute Gasteiger partial charge is 0.119 e. The fourth-order valence-corrected chi connectivity index (χ4v) is 2.14. The van der Waals surface area contributed by atoms with Crippen LogP contribution < -0.4 is 10.1 Å². The van der Waals surface area contributed by atoms with Gasteiger partial charge in [-0.3, -0.25) is 0 Å². The highest BCUT2D eigenvalue weighted by molar-refractivity contribution is 5.22. The number of hydrogen-bond donors (Lipinski definition) is 2. The van der Waals surface area contributed by atoms with E-state index in [0.717, 1.165) is 18.7 Å². The molecule has 0 radical (unpaired) electrons. The van der Waals surface area contributed by atoms with Gasteiger partial charge in [0.1, 0.15) is 18.5 Å². The molecule has 0 aromatic heterocycles. The van der Waals surface area contributed by atoms with Crippen molar-refractivity contribution in [2.75, 3.05) is 19.7 Å². The summed E-state index contributed by atoms with van der Waals surface area (Å²) in [6.45, 7) is 3.80. The van der Waals surface area contributed by atoms with Gasteiger partial charge in [0.2, 0.25) is 0 Å². The summed E-state index contributed by atoms with van der Waals surface area (Å²) in [6.07, 6.45) is 0.469. The number of hydrogen-bond acceptors (Lipinski definition) is 3. The molecule has 0 aliphatic heterocycles. The van der Waals surface area contributed by atoms with E-state index in [1.165, 1.54) is 11.1 Å². The first-order valence-electron chi connectivity index (χ1n) is 7.36. The topological polar surface area (TPSA) is 41.5 Å². The maximum Gasteiger partial charge on any atom is 0.119 e. The van der Waals surface area contributed by atoms with Gasteiger partial charge in [-0.05, 0) is 37.6 Å². The summed E-state index contributed by atoms with van der Waals surface area (Å²) in [5.41, 5.74) is 2.60. The third-order valence-corrected chi connectivity index (χ3v) is 3.24. The quantitative estimate of drug-likeness (QED) is 0.733. The van der Waals surface area contributed by atoms with Gasteiger partial charge in [-0.2, -0.15) is 0 Å². The van der Waals surface area contributed by atoms with Gasteiger partial charge in [0.25, 0.3) is 0 Å². The highest BCUT2D eigenvalue weighted by atomic mass is 16.5. The van der Waals surface area contributed by atoms with E-state index < -0.39 is 6.10 Å². The van der Waals surface area contributed by atoms with Gasteiger partial charge >= 0.3 is 0 Å². The van der Waals surface area contributed by atoms with Crippen LogP contribution in [0, 0.1) is 6.92 Å². The Kier molecular flexibility index (Phi) is 6.25. The first kappa shape index (κ1) is 15.5. The monoisotopic (exact) mass is 285 g/mol. The fourth-order valence-electron chi connectivity index (χ4n) is 2.14. The van der Waals surface area contributed by atoms with Gasteiger partial charge in [0.15, 0.2) is 0 Å². The zero-order valence-electron chi connectivity index (χ0n) is 12.5. The third kappa shape index (κ3) is 5.98. The lowest BCUT2D eigenvalue weighted by Gasteiger charge is -2.13. The summed E-state index contributed by atoms with van der Waals surface area (Å²) >= 11 is 0. The van der Waals surface area contributed by atoms with Crippen LogP contribution in [0.3, 0.4) is 0 Å². The maximum absolute atomic E-state index is 9.86. The lowest BCUT2D eigenvalue weighted by atomic mass is 10.1. The SMILES string of the molecule is Cc1cccc(CCNCC(O)COc2ccccc2)c1. The summed E-state index contributed by atoms with van der Waals surface area (Å²) in [5.74, 6) is 0.788. The minimum atomic E-state index is -0.497. The van der Waals surface area contributed by atoms with Crippen molar-refractivity contribution < 1.29 is 9.84 Å². The lowest BCUT2D eigenvalue weighted by molar-refractivity contribution is 0.106. The Hall–Kier alpha value is -1.84. The van der Waals surface area contributed by atoms with Gasteiger partial charge in [0.05, 0.1) is 0 Å². The Balaban J connectivity index is 1.60. The van der Waals surface area contributed by atoms with Crippen LogP contribution in [-0.2, 0) is 6.42 Å². The second-order valence-corrected chi connectivity index (χ2v) is 5.22. The van der Waals surface area contributed by atoms with E-state index in [2.05, 4.69) is 36.5 Å². The van der Waals surface area contributed by atoms with E-state index in [-0.39, 0.29) is 0 Å². The molecule has 0 saturated heterocycles. The fraction of sp³-hybridized carbons (Fsp3) is 0.333. The lowest BCUT2D eigenvalue weighted by Crippen LogP contribution is -2.32. The van der Waals surface area contributed by atoms with Gasteiger partial charge in [-0.25, -0.2) is 0 Å². The second kappa shape index (κ2) is 8.45. The molecule has 1 atom stereocenters. The third-order valence-electron chi connectivity index (χ3n) is 3.24. The predicted molar refractivity (Wildman–Crippen MR) is 85.7 cm³/mol. The van der Waals surface area contributed by atoms with Gasteiger partial charge in [0, 0.05) is 6.54 Å². The Morgan fingerprint density at radius 1 is 1.10 bits per heavy atom. The van der Waals surface area contributed by atoms with Crippen molar-refractivity contribution in [3.05, 3.63) is 65.7 Å². The molecule has 2 aromatic carbocycles. The maximum atomic E-state index is 9.86. The van der Waals surface area contributed by atoms with E-state index in [4.69, 9.17) is 4.74 Å². The zero-order chi connectivity index (χ0) is 14.9. The minimum absolute atomic E-state index is 0.307. The molecule has 2 aromatic rings. The van der Waals surface area contributed by atoms with Crippen LogP contribution in [0.15, 0.2) is 54.6 Å². The molecule has 112 valence electrons. The van der Waals surface area contributed by atoms with Crippen LogP contribution in [-0.4, -0.2) is 30.9 Å². The molecule has 0 bridgehead atoms. The highest BCUT2D eigenvalue weighted by Crippen LogP contribution is 2.08. The van der Waals surface area contributed by atoms with E-state index in [0.29, 0.717) is 13.2 Å². The average molecular weight is 285 g/mol. The highest BCUT2D eigenvalue weighted by Gasteiger charge is 2.04. The first-order chi connectivity index (χ1) is 10.2. The molecule has 0 spiro atoms. The standard InChI is InChI=1S/C18H23NO2/c1-15-6-5-7-16(12-15)10-11-19-13-17(20)14-21-18-8-3-2-4-9-18/h2-9,12,17,19-20H,10-11,13-14H2,1H3. The van der Waals surface area contributed by atoms with Crippen LogP contribution in [0.1, 0.15) is 11.1 Å². The minimum Gasteiger partial charge on any atom is -0.491 e. The molecule has 21 heavy (non-hydrogen) atoms. The molecule has 0 heterocycles. The molecule has 0 aliphatic rings. The first-order valence-corrected chi connectivity index (χ1v) is 7.36. The van der Waals surface area contributed by atoms with Gasteiger partial charge in [-0.1, -0.05) is 48.0 Å². The Labute approximate surface area is 126 Å². The van der Waals surface area contributed by atoms with Crippen molar-refractivity contribution in [3.63, 3.8) is 0 Å². The summed E-state index contributed by atoms with van der Waals surface area (Å²) in [6, 6.07) is 18.0. The van der Waals surface area contributed by atoms with E-state index in [9.17, 15) is 5.11 Å². The van der Waals surface area contributed by atoms with Crippen LogP contribution in [0.25, 0.3) is 0 Å². The van der Waals surface area contributed by atoms with E-state index >= 15 is 0 Å². The van der Waals surface area contributed by atoms with Crippen LogP contribution >= 0.6 is 0 Å². The zero-order valence-corrected chi connectivity index (χ0v) is 12.5. The number of nitrogens with one attached hydrogen (secondary N) is 1. The number of aliphatic hydroxyl groups excluding tert-OH is 1.